The van der Waals surface area contributed by atoms with Crippen molar-refractivity contribution in [2.24, 2.45) is 0 Å². The molecule has 0 aliphatic heterocycles. The number of carboxylic acid groups (broad SMARTS) is 1. The monoisotopic (exact) mass is 307 g/mol. The molecular formula is C15H14ClNO2S. The molecule has 0 bridgehead atoms. The fourth-order valence-electron chi connectivity index (χ4n) is 2.33. The van der Waals surface area contributed by atoms with Gasteiger partial charge in [0.1, 0.15) is 0 Å². The Morgan fingerprint density at radius 3 is 2.75 bits per heavy atom. The molecule has 3 nitrogen and oxygen atoms in total. The summed E-state index contributed by atoms with van der Waals surface area (Å²) in [6, 6.07) is 9.54. The van der Waals surface area contributed by atoms with Crippen LogP contribution in [0.4, 0.5) is 5.69 Å². The van der Waals surface area contributed by atoms with Crippen molar-refractivity contribution in [3.05, 3.63) is 51.2 Å². The molecule has 1 N–H and O–H groups in total. The first-order valence-corrected chi connectivity index (χ1v) is 7.73. The number of hydrogen-bond donors (Lipinski definition) is 1. The first-order chi connectivity index (χ1) is 9.66. The lowest BCUT2D eigenvalue weighted by molar-refractivity contribution is 0.0697. The quantitative estimate of drug-likeness (QED) is 0.897. The molecule has 1 aliphatic rings. The van der Waals surface area contributed by atoms with Gasteiger partial charge in [0.15, 0.2) is 0 Å². The number of thiophene rings is 1. The fourth-order valence-corrected chi connectivity index (χ4v) is 3.31. The molecule has 1 aliphatic carbocycles. The molecule has 1 aromatic heterocycles. The van der Waals surface area contributed by atoms with Gasteiger partial charge in [-0.15, -0.1) is 11.3 Å². The number of para-hydroxylation sites is 1. The van der Waals surface area contributed by atoms with Crippen LogP contribution in [0.15, 0.2) is 35.7 Å². The maximum absolute atomic E-state index is 11.4. The Bertz CT molecular complexity index is 623. The van der Waals surface area contributed by atoms with Crippen LogP contribution in [0.3, 0.4) is 0 Å². The van der Waals surface area contributed by atoms with Gasteiger partial charge in [0.25, 0.3) is 0 Å². The molecular weight excluding hydrogens is 294 g/mol. The van der Waals surface area contributed by atoms with Gasteiger partial charge in [-0.25, -0.2) is 4.79 Å². The van der Waals surface area contributed by atoms with Crippen molar-refractivity contribution in [3.63, 3.8) is 0 Å². The highest BCUT2D eigenvalue weighted by atomic mass is 35.5. The van der Waals surface area contributed by atoms with Gasteiger partial charge in [0, 0.05) is 10.9 Å². The number of rotatable bonds is 5. The fraction of sp³-hybridized carbons (Fsp3) is 0.267. The van der Waals surface area contributed by atoms with E-state index in [1.54, 1.807) is 29.5 Å². The number of nitrogens with zero attached hydrogens (tertiary/aromatic N) is 1. The zero-order valence-electron chi connectivity index (χ0n) is 10.8. The zero-order chi connectivity index (χ0) is 14.1. The average Bonchev–Trinajstić information content (AvgIpc) is 3.13. The van der Waals surface area contributed by atoms with Gasteiger partial charge < -0.3 is 10.0 Å². The van der Waals surface area contributed by atoms with Crippen LogP contribution in [0.1, 0.15) is 28.1 Å². The predicted octanol–water partition coefficient (Wildman–Crippen LogP) is 4.27. The topological polar surface area (TPSA) is 40.5 Å². The number of halogens is 1. The first-order valence-electron chi connectivity index (χ1n) is 6.47. The molecule has 2 aromatic rings. The number of hydrogen-bond acceptors (Lipinski definition) is 3. The van der Waals surface area contributed by atoms with E-state index in [0.29, 0.717) is 23.3 Å². The van der Waals surface area contributed by atoms with Gasteiger partial charge in [0.05, 0.1) is 22.8 Å². The van der Waals surface area contributed by atoms with Crippen molar-refractivity contribution in [2.75, 3.05) is 4.90 Å². The lowest BCUT2D eigenvalue weighted by atomic mass is 10.1. The summed E-state index contributed by atoms with van der Waals surface area (Å²) in [6.45, 7) is 0.715. The van der Waals surface area contributed by atoms with E-state index >= 15 is 0 Å². The molecule has 1 aromatic carbocycles. The highest BCUT2D eigenvalue weighted by Crippen LogP contribution is 2.39. The Kier molecular flexibility index (Phi) is 3.68. The van der Waals surface area contributed by atoms with Crippen molar-refractivity contribution in [3.8, 4) is 0 Å². The second-order valence-corrected chi connectivity index (χ2v) is 6.32. The lowest BCUT2D eigenvalue weighted by Gasteiger charge is -2.26. The summed E-state index contributed by atoms with van der Waals surface area (Å²) < 4.78 is 0. The van der Waals surface area contributed by atoms with Crippen molar-refractivity contribution in [1.82, 2.24) is 0 Å². The summed E-state index contributed by atoms with van der Waals surface area (Å²) in [6.07, 6.45) is 2.19. The highest BCUT2D eigenvalue weighted by molar-refractivity contribution is 7.09. The minimum atomic E-state index is -0.931. The lowest BCUT2D eigenvalue weighted by Crippen LogP contribution is -2.27. The van der Waals surface area contributed by atoms with E-state index in [1.165, 1.54) is 4.88 Å². The summed E-state index contributed by atoms with van der Waals surface area (Å²) in [4.78, 5) is 14.8. The minimum absolute atomic E-state index is 0.279. The molecule has 1 heterocycles. The Morgan fingerprint density at radius 2 is 2.15 bits per heavy atom. The average molecular weight is 308 g/mol. The summed E-state index contributed by atoms with van der Waals surface area (Å²) in [7, 11) is 0. The van der Waals surface area contributed by atoms with Crippen molar-refractivity contribution < 1.29 is 9.90 Å². The highest BCUT2D eigenvalue weighted by Gasteiger charge is 2.33. The third-order valence-corrected chi connectivity index (χ3v) is 4.56. The SMILES string of the molecule is O=C(O)c1cccc(Cl)c1N(Cc1cccs1)C1CC1. The van der Waals surface area contributed by atoms with Crippen LogP contribution in [0.2, 0.25) is 5.02 Å². The van der Waals surface area contributed by atoms with Crippen LogP contribution in [0.5, 0.6) is 0 Å². The number of benzene rings is 1. The van der Waals surface area contributed by atoms with Crippen molar-refractivity contribution in [1.29, 1.82) is 0 Å². The van der Waals surface area contributed by atoms with E-state index in [2.05, 4.69) is 11.0 Å². The summed E-state index contributed by atoms with van der Waals surface area (Å²) in [5, 5.41) is 11.9. The van der Waals surface area contributed by atoms with Crippen LogP contribution in [-0.4, -0.2) is 17.1 Å². The second-order valence-electron chi connectivity index (χ2n) is 4.88. The van der Waals surface area contributed by atoms with Crippen molar-refractivity contribution in [2.45, 2.75) is 25.4 Å². The molecule has 0 spiro atoms. The maximum Gasteiger partial charge on any atom is 0.337 e. The van der Waals surface area contributed by atoms with Gasteiger partial charge in [-0.05, 0) is 36.4 Å². The summed E-state index contributed by atoms with van der Waals surface area (Å²) >= 11 is 7.96. The number of carboxylic acids is 1. The van der Waals surface area contributed by atoms with E-state index in [0.717, 1.165) is 12.8 Å². The molecule has 3 rings (SSSR count). The van der Waals surface area contributed by atoms with Crippen LogP contribution in [0, 0.1) is 0 Å². The normalized spacial score (nSPS) is 14.2. The molecule has 1 saturated carbocycles. The molecule has 5 heteroatoms. The Balaban J connectivity index is 2.01. The first kappa shape index (κ1) is 13.5. The van der Waals surface area contributed by atoms with E-state index < -0.39 is 5.97 Å². The molecule has 0 unspecified atom stereocenters. The van der Waals surface area contributed by atoms with Crippen LogP contribution < -0.4 is 4.90 Å². The third kappa shape index (κ3) is 2.67. The molecule has 0 radical (unpaired) electrons. The molecule has 0 amide bonds. The number of aromatic carboxylic acids is 1. The number of anilines is 1. The van der Waals surface area contributed by atoms with Crippen LogP contribution in [-0.2, 0) is 6.54 Å². The van der Waals surface area contributed by atoms with Gasteiger partial charge in [-0.2, -0.15) is 0 Å². The molecule has 20 heavy (non-hydrogen) atoms. The van der Waals surface area contributed by atoms with Crippen molar-refractivity contribution >= 4 is 34.6 Å². The van der Waals surface area contributed by atoms with Gasteiger partial charge >= 0.3 is 5.97 Å². The van der Waals surface area contributed by atoms with E-state index in [9.17, 15) is 9.90 Å². The number of carbonyl (C=O) groups is 1. The zero-order valence-corrected chi connectivity index (χ0v) is 12.3. The molecule has 0 saturated heterocycles. The van der Waals surface area contributed by atoms with Crippen LogP contribution in [0.25, 0.3) is 0 Å². The predicted molar refractivity (Wildman–Crippen MR) is 81.9 cm³/mol. The van der Waals surface area contributed by atoms with Gasteiger partial charge in [0.2, 0.25) is 0 Å². The summed E-state index contributed by atoms with van der Waals surface area (Å²) in [5.41, 5.74) is 0.929. The standard InChI is InChI=1S/C15H14ClNO2S/c16-13-5-1-4-12(15(18)19)14(13)17(10-6-7-10)9-11-3-2-8-20-11/h1-5,8,10H,6-7,9H2,(H,18,19). The van der Waals surface area contributed by atoms with Gasteiger partial charge in [-0.1, -0.05) is 23.7 Å². The molecule has 0 atom stereocenters. The largest absolute Gasteiger partial charge is 0.478 e. The summed E-state index contributed by atoms with van der Waals surface area (Å²) in [5.74, 6) is -0.931. The minimum Gasteiger partial charge on any atom is -0.478 e. The second kappa shape index (κ2) is 5.46. The van der Waals surface area contributed by atoms with Gasteiger partial charge in [-0.3, -0.25) is 0 Å². The van der Waals surface area contributed by atoms with Crippen LogP contribution >= 0.6 is 22.9 Å². The molecule has 104 valence electrons. The Hall–Kier alpha value is -1.52. The third-order valence-electron chi connectivity index (χ3n) is 3.40. The van der Waals surface area contributed by atoms with E-state index in [4.69, 9.17) is 11.6 Å². The maximum atomic E-state index is 11.4. The molecule has 1 fully saturated rings. The van der Waals surface area contributed by atoms with E-state index in [1.807, 2.05) is 11.4 Å². The smallest absolute Gasteiger partial charge is 0.337 e. The Morgan fingerprint density at radius 1 is 1.35 bits per heavy atom. The Labute approximate surface area is 126 Å². The van der Waals surface area contributed by atoms with E-state index in [-0.39, 0.29) is 5.56 Å².